The van der Waals surface area contributed by atoms with Gasteiger partial charge in [-0.15, -0.1) is 0 Å². The molecule has 0 fully saturated rings. The molecule has 0 saturated carbocycles. The first-order chi connectivity index (χ1) is 9.78. The molecule has 0 aliphatic rings. The highest BCUT2D eigenvalue weighted by Gasteiger charge is 1.97. The van der Waals surface area contributed by atoms with Gasteiger partial charge in [0.2, 0.25) is 0 Å². The smallest absolute Gasteiger partial charge is 0.119 e. The van der Waals surface area contributed by atoms with Crippen LogP contribution in [0.4, 0.5) is 0 Å². The predicted octanol–water partition coefficient (Wildman–Crippen LogP) is 3.30. The molecule has 0 aromatic heterocycles. The van der Waals surface area contributed by atoms with Crippen molar-refractivity contribution in [3.63, 3.8) is 0 Å². The number of hydrogen-bond donors (Lipinski definition) is 1. The van der Waals surface area contributed by atoms with Crippen molar-refractivity contribution in [2.75, 3.05) is 13.2 Å². The quantitative estimate of drug-likeness (QED) is 0.786. The zero-order chi connectivity index (χ0) is 14.2. The third-order valence-corrected chi connectivity index (χ3v) is 2.98. The van der Waals surface area contributed by atoms with E-state index in [1.54, 1.807) is 0 Å². The van der Waals surface area contributed by atoms with Crippen molar-refractivity contribution in [1.29, 1.82) is 0 Å². The van der Waals surface area contributed by atoms with Crippen LogP contribution in [0.15, 0.2) is 48.5 Å². The van der Waals surface area contributed by atoms with Gasteiger partial charge < -0.3 is 15.2 Å². The number of aryl methyl sites for hydroxylation is 1. The minimum absolute atomic E-state index is 0.535. The number of ether oxygens (including phenoxy) is 2. The molecule has 0 radical (unpaired) electrons. The number of nitrogens with two attached hydrogens (primary N) is 1. The molecule has 0 bridgehead atoms. The van der Waals surface area contributed by atoms with Gasteiger partial charge in [-0.1, -0.05) is 29.8 Å². The normalized spacial score (nSPS) is 10.3. The summed E-state index contributed by atoms with van der Waals surface area (Å²) in [5.74, 6) is 1.77. The Morgan fingerprint density at radius 3 is 2.30 bits per heavy atom. The van der Waals surface area contributed by atoms with E-state index in [0.717, 1.165) is 23.5 Å². The van der Waals surface area contributed by atoms with Crippen molar-refractivity contribution in [3.8, 4) is 11.5 Å². The van der Waals surface area contributed by atoms with E-state index in [9.17, 15) is 0 Å². The van der Waals surface area contributed by atoms with Crippen LogP contribution in [0.1, 0.15) is 17.5 Å². The van der Waals surface area contributed by atoms with Gasteiger partial charge in [0, 0.05) is 13.0 Å². The molecule has 2 aromatic carbocycles. The summed E-state index contributed by atoms with van der Waals surface area (Å²) >= 11 is 0. The molecular formula is C17H21NO2. The summed E-state index contributed by atoms with van der Waals surface area (Å²) in [6.45, 7) is 3.89. The Labute approximate surface area is 120 Å². The van der Waals surface area contributed by atoms with Crippen LogP contribution >= 0.6 is 0 Å². The highest BCUT2D eigenvalue weighted by molar-refractivity contribution is 5.28. The predicted molar refractivity (Wildman–Crippen MR) is 81.1 cm³/mol. The first kappa shape index (κ1) is 14.4. The Kier molecular flexibility index (Phi) is 5.44. The van der Waals surface area contributed by atoms with Gasteiger partial charge in [-0.2, -0.15) is 0 Å². The lowest BCUT2D eigenvalue weighted by atomic mass is 10.2. The summed E-state index contributed by atoms with van der Waals surface area (Å²) in [5.41, 5.74) is 7.91. The van der Waals surface area contributed by atoms with Gasteiger partial charge in [-0.25, -0.2) is 0 Å². The molecule has 0 spiro atoms. The van der Waals surface area contributed by atoms with E-state index < -0.39 is 0 Å². The number of hydrogen-bond acceptors (Lipinski definition) is 3. The van der Waals surface area contributed by atoms with Crippen LogP contribution in [-0.4, -0.2) is 13.2 Å². The maximum atomic E-state index is 5.67. The summed E-state index contributed by atoms with van der Waals surface area (Å²) in [6.07, 6.45) is 0.848. The van der Waals surface area contributed by atoms with E-state index in [1.165, 1.54) is 5.56 Å². The third-order valence-electron chi connectivity index (χ3n) is 2.98. The molecule has 0 heterocycles. The summed E-state index contributed by atoms with van der Waals surface area (Å²) < 4.78 is 11.3. The fourth-order valence-corrected chi connectivity index (χ4v) is 1.84. The Morgan fingerprint density at radius 2 is 1.60 bits per heavy atom. The van der Waals surface area contributed by atoms with Crippen LogP contribution in [-0.2, 0) is 6.54 Å². The summed E-state index contributed by atoms with van der Waals surface area (Å²) in [7, 11) is 0. The fraction of sp³-hybridized carbons (Fsp3) is 0.294. The molecule has 2 N–H and O–H groups in total. The SMILES string of the molecule is Cc1ccc(OCCCOc2cccc(CN)c2)cc1. The molecule has 106 valence electrons. The topological polar surface area (TPSA) is 44.5 Å². The Hall–Kier alpha value is -2.00. The second kappa shape index (κ2) is 7.56. The first-order valence-corrected chi connectivity index (χ1v) is 6.89. The average molecular weight is 271 g/mol. The lowest BCUT2D eigenvalue weighted by molar-refractivity contribution is 0.247. The molecule has 0 amide bonds. The van der Waals surface area contributed by atoms with Gasteiger partial charge in [-0.3, -0.25) is 0 Å². The van der Waals surface area contributed by atoms with Crippen molar-refractivity contribution in [3.05, 3.63) is 59.7 Å². The second-order valence-corrected chi connectivity index (χ2v) is 4.72. The molecule has 3 heteroatoms. The van der Waals surface area contributed by atoms with Gasteiger partial charge in [0.15, 0.2) is 0 Å². The van der Waals surface area contributed by atoms with Crippen molar-refractivity contribution in [2.24, 2.45) is 5.73 Å². The van der Waals surface area contributed by atoms with Crippen molar-refractivity contribution in [1.82, 2.24) is 0 Å². The molecule has 0 aliphatic carbocycles. The summed E-state index contributed by atoms with van der Waals surface area (Å²) in [6, 6.07) is 15.9. The average Bonchev–Trinajstić information content (AvgIpc) is 2.49. The highest BCUT2D eigenvalue weighted by Crippen LogP contribution is 2.14. The van der Waals surface area contributed by atoms with Crippen LogP contribution < -0.4 is 15.2 Å². The van der Waals surface area contributed by atoms with E-state index in [2.05, 4.69) is 6.92 Å². The van der Waals surface area contributed by atoms with Gasteiger partial charge in [0.1, 0.15) is 11.5 Å². The molecule has 0 atom stereocenters. The largest absolute Gasteiger partial charge is 0.493 e. The van der Waals surface area contributed by atoms with Crippen molar-refractivity contribution < 1.29 is 9.47 Å². The molecule has 0 saturated heterocycles. The molecule has 0 unspecified atom stereocenters. The van der Waals surface area contributed by atoms with Crippen LogP contribution in [0.3, 0.4) is 0 Å². The molecule has 20 heavy (non-hydrogen) atoms. The standard InChI is InChI=1S/C17H21NO2/c1-14-6-8-16(9-7-14)19-10-3-11-20-17-5-2-4-15(12-17)13-18/h2,4-9,12H,3,10-11,13,18H2,1H3. The van der Waals surface area contributed by atoms with Crippen molar-refractivity contribution >= 4 is 0 Å². The van der Waals surface area contributed by atoms with E-state index >= 15 is 0 Å². The van der Waals surface area contributed by atoms with Gasteiger partial charge >= 0.3 is 0 Å². The van der Waals surface area contributed by atoms with Crippen LogP contribution in [0, 0.1) is 6.92 Å². The Balaban J connectivity index is 1.67. The molecule has 2 rings (SSSR count). The van der Waals surface area contributed by atoms with E-state index in [-0.39, 0.29) is 0 Å². The molecule has 3 nitrogen and oxygen atoms in total. The minimum Gasteiger partial charge on any atom is -0.493 e. The zero-order valence-electron chi connectivity index (χ0n) is 11.8. The minimum atomic E-state index is 0.535. The van der Waals surface area contributed by atoms with E-state index in [4.69, 9.17) is 15.2 Å². The molecule has 0 aliphatic heterocycles. The number of benzene rings is 2. The lowest BCUT2D eigenvalue weighted by Crippen LogP contribution is -2.05. The van der Waals surface area contributed by atoms with Crippen LogP contribution in [0.25, 0.3) is 0 Å². The van der Waals surface area contributed by atoms with E-state index in [1.807, 2.05) is 48.5 Å². The Bertz CT molecular complexity index is 523. The van der Waals surface area contributed by atoms with Gasteiger partial charge in [-0.05, 0) is 36.8 Å². The van der Waals surface area contributed by atoms with Crippen LogP contribution in [0.2, 0.25) is 0 Å². The molecular weight excluding hydrogens is 250 g/mol. The van der Waals surface area contributed by atoms with Crippen LogP contribution in [0.5, 0.6) is 11.5 Å². The highest BCUT2D eigenvalue weighted by atomic mass is 16.5. The number of rotatable bonds is 7. The summed E-state index contributed by atoms with van der Waals surface area (Å²) in [4.78, 5) is 0. The zero-order valence-corrected chi connectivity index (χ0v) is 11.8. The third kappa shape index (κ3) is 4.59. The first-order valence-electron chi connectivity index (χ1n) is 6.89. The Morgan fingerprint density at radius 1 is 0.900 bits per heavy atom. The maximum absolute atomic E-state index is 5.67. The summed E-state index contributed by atoms with van der Waals surface area (Å²) in [5, 5.41) is 0. The fourth-order valence-electron chi connectivity index (χ4n) is 1.84. The second-order valence-electron chi connectivity index (χ2n) is 4.72. The maximum Gasteiger partial charge on any atom is 0.119 e. The van der Waals surface area contributed by atoms with Crippen molar-refractivity contribution in [2.45, 2.75) is 19.9 Å². The van der Waals surface area contributed by atoms with Gasteiger partial charge in [0.05, 0.1) is 13.2 Å². The lowest BCUT2D eigenvalue weighted by Gasteiger charge is -2.09. The monoisotopic (exact) mass is 271 g/mol. The van der Waals surface area contributed by atoms with E-state index in [0.29, 0.717) is 19.8 Å². The molecule has 2 aromatic rings. The van der Waals surface area contributed by atoms with Gasteiger partial charge in [0.25, 0.3) is 0 Å².